The Morgan fingerprint density at radius 1 is 1.13 bits per heavy atom. The second-order valence-electron chi connectivity index (χ2n) is 2.94. The lowest BCUT2D eigenvalue weighted by atomic mass is 10.3. The van der Waals surface area contributed by atoms with E-state index in [1.165, 1.54) is 0 Å². The molecule has 1 aromatic rings. The van der Waals surface area contributed by atoms with E-state index in [4.69, 9.17) is 19.3 Å². The lowest BCUT2D eigenvalue weighted by molar-refractivity contribution is 0.233. The first-order chi connectivity index (χ1) is 7.31. The molecule has 0 bridgehead atoms. The largest absolute Gasteiger partial charge is 0.493 e. The number of aliphatic hydroxyl groups is 1. The van der Waals surface area contributed by atoms with Crippen LogP contribution in [0.1, 0.15) is 6.42 Å². The molecule has 4 nitrogen and oxygen atoms in total. The quantitative estimate of drug-likeness (QED) is 0.725. The predicted molar refractivity (Wildman–Crippen MR) is 56.7 cm³/mol. The summed E-state index contributed by atoms with van der Waals surface area (Å²) in [5.74, 6) is 2.02. The van der Waals surface area contributed by atoms with Gasteiger partial charge in [-0.1, -0.05) is 0 Å². The van der Waals surface area contributed by atoms with E-state index in [1.54, 1.807) is 32.4 Å². The molecule has 0 aliphatic rings. The van der Waals surface area contributed by atoms with Crippen LogP contribution in [0.25, 0.3) is 0 Å². The van der Waals surface area contributed by atoms with E-state index in [1.807, 2.05) is 0 Å². The zero-order valence-corrected chi connectivity index (χ0v) is 9.03. The van der Waals surface area contributed by atoms with Crippen LogP contribution in [-0.2, 0) is 0 Å². The molecule has 84 valence electrons. The Labute approximate surface area is 89.4 Å². The second kappa shape index (κ2) is 6.14. The molecule has 0 spiro atoms. The maximum atomic E-state index is 8.60. The summed E-state index contributed by atoms with van der Waals surface area (Å²) in [6.07, 6.45) is 0.619. The van der Waals surface area contributed by atoms with Crippen LogP contribution in [0.2, 0.25) is 0 Å². The Kier molecular flexibility index (Phi) is 4.77. The fourth-order valence-corrected chi connectivity index (χ4v) is 1.16. The summed E-state index contributed by atoms with van der Waals surface area (Å²) in [5, 5.41) is 8.60. The highest BCUT2D eigenvalue weighted by molar-refractivity contribution is 5.45. The highest BCUT2D eigenvalue weighted by atomic mass is 16.5. The van der Waals surface area contributed by atoms with Gasteiger partial charge in [0.15, 0.2) is 11.5 Å². The summed E-state index contributed by atoms with van der Waals surface area (Å²) in [4.78, 5) is 0. The molecule has 0 fully saturated rings. The van der Waals surface area contributed by atoms with Crippen LogP contribution in [-0.4, -0.2) is 32.5 Å². The van der Waals surface area contributed by atoms with E-state index in [-0.39, 0.29) is 6.61 Å². The van der Waals surface area contributed by atoms with Crippen molar-refractivity contribution in [3.8, 4) is 17.2 Å². The SMILES string of the molecule is COc1ccc(OCCCO)cc1OC. The Hall–Kier alpha value is -1.42. The van der Waals surface area contributed by atoms with Crippen molar-refractivity contribution >= 4 is 0 Å². The van der Waals surface area contributed by atoms with Crippen LogP contribution in [0.15, 0.2) is 18.2 Å². The normalized spacial score (nSPS) is 9.80. The van der Waals surface area contributed by atoms with Gasteiger partial charge < -0.3 is 19.3 Å². The van der Waals surface area contributed by atoms with Crippen molar-refractivity contribution in [2.75, 3.05) is 27.4 Å². The molecule has 0 aromatic heterocycles. The number of aliphatic hydroxyl groups excluding tert-OH is 1. The summed E-state index contributed by atoms with van der Waals surface area (Å²) >= 11 is 0. The molecular formula is C11H16O4. The summed E-state index contributed by atoms with van der Waals surface area (Å²) in [6.45, 7) is 0.624. The average Bonchev–Trinajstić information content (AvgIpc) is 2.29. The number of ether oxygens (including phenoxy) is 3. The van der Waals surface area contributed by atoms with Crippen LogP contribution >= 0.6 is 0 Å². The van der Waals surface area contributed by atoms with Gasteiger partial charge in [-0.15, -0.1) is 0 Å². The van der Waals surface area contributed by atoms with Gasteiger partial charge in [0.05, 0.1) is 20.8 Å². The Balaban J connectivity index is 2.66. The lowest BCUT2D eigenvalue weighted by Gasteiger charge is -2.10. The van der Waals surface area contributed by atoms with E-state index in [0.717, 1.165) is 0 Å². The number of hydrogen-bond donors (Lipinski definition) is 1. The number of hydrogen-bond acceptors (Lipinski definition) is 4. The zero-order chi connectivity index (χ0) is 11.1. The highest BCUT2D eigenvalue weighted by Crippen LogP contribution is 2.30. The van der Waals surface area contributed by atoms with Crippen LogP contribution in [0.4, 0.5) is 0 Å². The zero-order valence-electron chi connectivity index (χ0n) is 9.03. The molecule has 1 N–H and O–H groups in total. The van der Waals surface area contributed by atoms with Gasteiger partial charge >= 0.3 is 0 Å². The first-order valence-electron chi connectivity index (χ1n) is 4.77. The molecule has 15 heavy (non-hydrogen) atoms. The van der Waals surface area contributed by atoms with Crippen molar-refractivity contribution < 1.29 is 19.3 Å². The monoisotopic (exact) mass is 212 g/mol. The van der Waals surface area contributed by atoms with Crippen LogP contribution in [0.5, 0.6) is 17.2 Å². The first kappa shape index (κ1) is 11.7. The summed E-state index contributed by atoms with van der Waals surface area (Å²) in [6, 6.07) is 5.35. The van der Waals surface area contributed by atoms with E-state index in [0.29, 0.717) is 30.3 Å². The van der Waals surface area contributed by atoms with Crippen molar-refractivity contribution in [2.24, 2.45) is 0 Å². The molecule has 0 heterocycles. The standard InChI is InChI=1S/C11H16O4/c1-13-10-5-4-9(8-11(10)14-2)15-7-3-6-12/h4-5,8,12H,3,6-7H2,1-2H3. The fourth-order valence-electron chi connectivity index (χ4n) is 1.16. The van der Waals surface area contributed by atoms with Crippen molar-refractivity contribution in [1.82, 2.24) is 0 Å². The minimum Gasteiger partial charge on any atom is -0.493 e. The van der Waals surface area contributed by atoms with Gasteiger partial charge in [0.2, 0.25) is 0 Å². The van der Waals surface area contributed by atoms with Gasteiger partial charge in [0, 0.05) is 19.1 Å². The predicted octanol–water partition coefficient (Wildman–Crippen LogP) is 1.46. The molecule has 1 rings (SSSR count). The van der Waals surface area contributed by atoms with Gasteiger partial charge in [-0.3, -0.25) is 0 Å². The van der Waals surface area contributed by atoms with Gasteiger partial charge in [-0.05, 0) is 12.1 Å². The molecule has 0 unspecified atom stereocenters. The van der Waals surface area contributed by atoms with E-state index >= 15 is 0 Å². The topological polar surface area (TPSA) is 47.9 Å². The Morgan fingerprint density at radius 3 is 2.47 bits per heavy atom. The summed E-state index contributed by atoms with van der Waals surface area (Å²) < 4.78 is 15.6. The van der Waals surface area contributed by atoms with E-state index in [2.05, 4.69) is 0 Å². The Bertz CT molecular complexity index is 299. The van der Waals surface area contributed by atoms with Gasteiger partial charge in [0.1, 0.15) is 5.75 Å². The molecule has 0 radical (unpaired) electrons. The fraction of sp³-hybridized carbons (Fsp3) is 0.455. The number of rotatable bonds is 6. The van der Waals surface area contributed by atoms with E-state index < -0.39 is 0 Å². The molecule has 0 saturated heterocycles. The molecule has 0 atom stereocenters. The third-order valence-corrected chi connectivity index (χ3v) is 1.93. The maximum absolute atomic E-state index is 8.60. The second-order valence-corrected chi connectivity index (χ2v) is 2.94. The smallest absolute Gasteiger partial charge is 0.164 e. The van der Waals surface area contributed by atoms with Crippen LogP contribution in [0, 0.1) is 0 Å². The van der Waals surface area contributed by atoms with Crippen molar-refractivity contribution in [1.29, 1.82) is 0 Å². The van der Waals surface area contributed by atoms with Gasteiger partial charge in [0.25, 0.3) is 0 Å². The van der Waals surface area contributed by atoms with Crippen molar-refractivity contribution in [3.63, 3.8) is 0 Å². The van der Waals surface area contributed by atoms with E-state index in [9.17, 15) is 0 Å². The summed E-state index contributed by atoms with van der Waals surface area (Å²) in [7, 11) is 3.17. The minimum absolute atomic E-state index is 0.132. The molecule has 0 saturated carbocycles. The number of benzene rings is 1. The maximum Gasteiger partial charge on any atom is 0.164 e. The number of methoxy groups -OCH3 is 2. The van der Waals surface area contributed by atoms with Crippen LogP contribution in [0.3, 0.4) is 0 Å². The summed E-state index contributed by atoms with van der Waals surface area (Å²) in [5.41, 5.74) is 0. The molecule has 0 amide bonds. The highest BCUT2D eigenvalue weighted by Gasteiger charge is 2.04. The third kappa shape index (κ3) is 3.32. The molecule has 0 aliphatic heterocycles. The lowest BCUT2D eigenvalue weighted by Crippen LogP contribution is -2.00. The molecule has 4 heteroatoms. The average molecular weight is 212 g/mol. The first-order valence-corrected chi connectivity index (χ1v) is 4.77. The van der Waals surface area contributed by atoms with Crippen LogP contribution < -0.4 is 14.2 Å². The molecule has 0 aliphatic carbocycles. The third-order valence-electron chi connectivity index (χ3n) is 1.93. The van der Waals surface area contributed by atoms with Gasteiger partial charge in [-0.2, -0.15) is 0 Å². The van der Waals surface area contributed by atoms with Gasteiger partial charge in [-0.25, -0.2) is 0 Å². The molecule has 1 aromatic carbocycles. The van der Waals surface area contributed by atoms with Crippen molar-refractivity contribution in [2.45, 2.75) is 6.42 Å². The molecular weight excluding hydrogens is 196 g/mol. The minimum atomic E-state index is 0.132. The van der Waals surface area contributed by atoms with Crippen molar-refractivity contribution in [3.05, 3.63) is 18.2 Å². The Morgan fingerprint density at radius 2 is 1.87 bits per heavy atom.